The Bertz CT molecular complexity index is 2900. The summed E-state index contributed by atoms with van der Waals surface area (Å²) in [5, 5.41) is 4.55. The Kier molecular flexibility index (Phi) is 5.38. The number of nitrogens with zero attached hydrogens (tertiary/aromatic N) is 4. The number of para-hydroxylation sites is 4. The van der Waals surface area contributed by atoms with E-state index in [1.165, 1.54) is 0 Å². The third-order valence-corrected chi connectivity index (χ3v) is 9.39. The molecule has 3 aromatic heterocycles. The maximum absolute atomic E-state index is 8.83. The van der Waals surface area contributed by atoms with E-state index in [4.69, 9.17) is 16.8 Å². The summed E-state index contributed by atoms with van der Waals surface area (Å²) in [7, 11) is 0. The molecule has 0 aliphatic heterocycles. The lowest BCUT2D eigenvalue weighted by Gasteiger charge is -2.16. The van der Waals surface area contributed by atoms with Gasteiger partial charge in [-0.3, -0.25) is 0 Å². The highest BCUT2D eigenvalue weighted by molar-refractivity contribution is 6.10. The Morgan fingerprint density at radius 1 is 0.380 bits per heavy atom. The standard InChI is InChI=1S/C46H30N4/c1-3-15-31(16-4-1)40-30-41(48-46(47-40)32-17-5-2-6-18-32)33-27-34(49-42-23-11-7-19-36(42)37-20-8-12-24-43(37)49)29-35(28-33)50-44-25-13-9-21-38(44)39-22-10-14-26-45(39)50/h1-30H/i2D,5D,6D,17D,18D. The van der Waals surface area contributed by atoms with Crippen LogP contribution < -0.4 is 0 Å². The van der Waals surface area contributed by atoms with E-state index in [9.17, 15) is 0 Å². The van der Waals surface area contributed by atoms with Crippen LogP contribution in [0.15, 0.2) is 182 Å². The van der Waals surface area contributed by atoms with Crippen LogP contribution in [-0.4, -0.2) is 19.1 Å². The molecule has 0 atom stereocenters. The van der Waals surface area contributed by atoms with Gasteiger partial charge in [0.15, 0.2) is 5.82 Å². The molecule has 4 heteroatoms. The van der Waals surface area contributed by atoms with Gasteiger partial charge in [-0.25, -0.2) is 9.97 Å². The van der Waals surface area contributed by atoms with Crippen LogP contribution in [0, 0.1) is 0 Å². The molecule has 234 valence electrons. The monoisotopic (exact) mass is 643 g/mol. The molecule has 0 saturated carbocycles. The number of aromatic nitrogens is 4. The number of benzene rings is 7. The van der Waals surface area contributed by atoms with Gasteiger partial charge in [0.1, 0.15) is 0 Å². The molecule has 0 aliphatic rings. The molecule has 0 fully saturated rings. The van der Waals surface area contributed by atoms with Crippen molar-refractivity contribution in [2.24, 2.45) is 0 Å². The first-order valence-electron chi connectivity index (χ1n) is 19.0. The fraction of sp³-hybridized carbons (Fsp3) is 0. The largest absolute Gasteiger partial charge is 0.309 e. The summed E-state index contributed by atoms with van der Waals surface area (Å²) in [5.41, 5.74) is 8.68. The molecule has 0 N–H and O–H groups in total. The molecule has 50 heavy (non-hydrogen) atoms. The molecule has 10 aromatic rings. The topological polar surface area (TPSA) is 35.6 Å². The molecule has 4 nitrogen and oxygen atoms in total. The van der Waals surface area contributed by atoms with Crippen LogP contribution in [0.1, 0.15) is 6.85 Å². The van der Waals surface area contributed by atoms with Crippen molar-refractivity contribution in [3.05, 3.63) is 182 Å². The molecule has 10 rings (SSSR count). The minimum Gasteiger partial charge on any atom is -0.309 e. The molecule has 0 unspecified atom stereocenters. The van der Waals surface area contributed by atoms with Gasteiger partial charge in [-0.15, -0.1) is 0 Å². The Hall–Kier alpha value is -6.78. The first-order valence-corrected chi connectivity index (χ1v) is 16.5. The van der Waals surface area contributed by atoms with Gasteiger partial charge in [0, 0.05) is 49.6 Å². The van der Waals surface area contributed by atoms with Crippen LogP contribution in [0.5, 0.6) is 0 Å². The molecule has 0 spiro atoms. The quantitative estimate of drug-likeness (QED) is 0.187. The minimum absolute atomic E-state index is 0.0498. The average Bonchev–Trinajstić information content (AvgIpc) is 3.75. The SMILES string of the molecule is [2H]c1c([2H])c([2H])c(-c2nc(-c3ccccc3)cc(-c3cc(-n4c5ccccc5c5ccccc54)cc(-n4c5ccccc5c5ccccc54)c3)n2)c([2H])c1[2H]. The molecule has 0 aliphatic carbocycles. The fourth-order valence-corrected chi connectivity index (χ4v) is 7.23. The second-order valence-corrected chi connectivity index (χ2v) is 12.3. The molecule has 7 aromatic carbocycles. The summed E-state index contributed by atoms with van der Waals surface area (Å²) in [6.07, 6.45) is 0. The van der Waals surface area contributed by atoms with E-state index in [0.717, 1.165) is 66.1 Å². The maximum atomic E-state index is 8.83. The average molecular weight is 644 g/mol. The van der Waals surface area contributed by atoms with Gasteiger partial charge in [0.05, 0.1) is 40.3 Å². The normalized spacial score (nSPS) is 13.0. The third kappa shape index (κ3) is 4.54. The van der Waals surface area contributed by atoms with Crippen molar-refractivity contribution in [3.63, 3.8) is 0 Å². The van der Waals surface area contributed by atoms with Crippen molar-refractivity contribution in [1.82, 2.24) is 19.1 Å². The first-order chi connectivity index (χ1) is 26.9. The van der Waals surface area contributed by atoms with Crippen molar-refractivity contribution in [3.8, 4) is 45.3 Å². The van der Waals surface area contributed by atoms with E-state index in [0.29, 0.717) is 11.4 Å². The van der Waals surface area contributed by atoms with Gasteiger partial charge in [0.2, 0.25) is 0 Å². The van der Waals surface area contributed by atoms with Gasteiger partial charge in [0.25, 0.3) is 0 Å². The van der Waals surface area contributed by atoms with Crippen molar-refractivity contribution in [2.75, 3.05) is 0 Å². The molecule has 0 saturated heterocycles. The number of rotatable bonds is 5. The van der Waals surface area contributed by atoms with Gasteiger partial charge in [-0.2, -0.15) is 0 Å². The second kappa shape index (κ2) is 11.4. The number of hydrogen-bond donors (Lipinski definition) is 0. The molecule has 0 bridgehead atoms. The zero-order valence-corrected chi connectivity index (χ0v) is 26.7. The van der Waals surface area contributed by atoms with E-state index in [2.05, 4.69) is 124 Å². The fourth-order valence-electron chi connectivity index (χ4n) is 7.23. The Balaban J connectivity index is 1.32. The van der Waals surface area contributed by atoms with Crippen molar-refractivity contribution in [2.45, 2.75) is 0 Å². The van der Waals surface area contributed by atoms with Crippen LogP contribution in [0.25, 0.3) is 88.9 Å². The van der Waals surface area contributed by atoms with E-state index in [1.807, 2.05) is 36.4 Å². The molecule has 3 heterocycles. The van der Waals surface area contributed by atoms with Crippen LogP contribution >= 0.6 is 0 Å². The molecular weight excluding hydrogens is 609 g/mol. The zero-order valence-electron chi connectivity index (χ0n) is 31.7. The van der Waals surface area contributed by atoms with Crippen molar-refractivity contribution >= 4 is 43.6 Å². The summed E-state index contributed by atoms with van der Waals surface area (Å²) in [5.74, 6) is 0.0500. The Morgan fingerprint density at radius 2 is 0.800 bits per heavy atom. The van der Waals surface area contributed by atoms with Gasteiger partial charge < -0.3 is 9.13 Å². The lowest BCUT2D eigenvalue weighted by molar-refractivity contribution is 1.13. The maximum Gasteiger partial charge on any atom is 0.160 e. The van der Waals surface area contributed by atoms with Crippen molar-refractivity contribution < 1.29 is 6.85 Å². The third-order valence-electron chi connectivity index (χ3n) is 9.39. The number of fused-ring (bicyclic) bond motifs is 6. The van der Waals surface area contributed by atoms with Crippen LogP contribution in [0.3, 0.4) is 0 Å². The van der Waals surface area contributed by atoms with Crippen LogP contribution in [0.4, 0.5) is 0 Å². The highest BCUT2D eigenvalue weighted by Gasteiger charge is 2.18. The minimum atomic E-state index is -0.465. The summed E-state index contributed by atoms with van der Waals surface area (Å²) < 4.78 is 47.3. The van der Waals surface area contributed by atoms with Crippen LogP contribution in [0.2, 0.25) is 0 Å². The number of hydrogen-bond acceptors (Lipinski definition) is 2. The Morgan fingerprint density at radius 3 is 1.28 bits per heavy atom. The highest BCUT2D eigenvalue weighted by Crippen LogP contribution is 2.38. The lowest BCUT2D eigenvalue weighted by Crippen LogP contribution is -2.01. The smallest absolute Gasteiger partial charge is 0.160 e. The molecular formula is C46H30N4. The summed E-state index contributed by atoms with van der Waals surface area (Å²) in [6.45, 7) is 0. The van der Waals surface area contributed by atoms with E-state index in [-0.39, 0.29) is 23.5 Å². The van der Waals surface area contributed by atoms with Gasteiger partial charge in [-0.05, 0) is 48.5 Å². The predicted molar refractivity (Wildman–Crippen MR) is 207 cm³/mol. The van der Waals surface area contributed by atoms with Gasteiger partial charge >= 0.3 is 0 Å². The lowest BCUT2D eigenvalue weighted by atomic mass is 10.0. The second-order valence-electron chi connectivity index (χ2n) is 12.3. The summed E-state index contributed by atoms with van der Waals surface area (Å²) in [4.78, 5) is 9.88. The van der Waals surface area contributed by atoms with Gasteiger partial charge in [-0.1, -0.05) is 133 Å². The molecule has 0 amide bonds. The summed E-state index contributed by atoms with van der Waals surface area (Å²) >= 11 is 0. The van der Waals surface area contributed by atoms with E-state index in [1.54, 1.807) is 0 Å². The predicted octanol–water partition coefficient (Wildman–Crippen LogP) is 11.7. The van der Waals surface area contributed by atoms with E-state index >= 15 is 0 Å². The van der Waals surface area contributed by atoms with Crippen LogP contribution in [-0.2, 0) is 0 Å². The summed E-state index contributed by atoms with van der Waals surface area (Å²) in [6, 6.07) is 49.5. The molecule has 0 radical (unpaired) electrons. The van der Waals surface area contributed by atoms with Crippen molar-refractivity contribution in [1.29, 1.82) is 0 Å². The first kappa shape index (κ1) is 23.5. The highest BCUT2D eigenvalue weighted by atomic mass is 15.0. The van der Waals surface area contributed by atoms with E-state index < -0.39 is 18.1 Å². The zero-order chi connectivity index (χ0) is 37.4. The Labute approximate surface area is 296 Å².